The lowest BCUT2D eigenvalue weighted by atomic mass is 9.85. The number of ether oxygens (including phenoxy) is 3. The van der Waals surface area contributed by atoms with E-state index in [2.05, 4.69) is 38.7 Å². The molecule has 5 atom stereocenters. The molecule has 29 heavy (non-hydrogen) atoms. The second-order valence-corrected chi connectivity index (χ2v) is 15.0. The van der Waals surface area contributed by atoms with E-state index >= 15 is 0 Å². The molecule has 166 valence electrons. The molecule has 2 rings (SSSR count). The summed E-state index contributed by atoms with van der Waals surface area (Å²) in [4.78, 5) is 15.2. The molecule has 0 aromatic carbocycles. The van der Waals surface area contributed by atoms with Crippen molar-refractivity contribution in [1.29, 1.82) is 0 Å². The molecule has 2 fully saturated rings. The zero-order chi connectivity index (χ0) is 21.9. The van der Waals surface area contributed by atoms with Gasteiger partial charge < -0.3 is 23.5 Å². The summed E-state index contributed by atoms with van der Waals surface area (Å²) in [6, 6.07) is -0.0487. The van der Waals surface area contributed by atoms with Crippen LogP contribution in [0.4, 0.5) is 0 Å². The fourth-order valence-corrected chi connectivity index (χ4v) is 5.00. The van der Waals surface area contributed by atoms with Crippen LogP contribution in [0.5, 0.6) is 0 Å². The summed E-state index contributed by atoms with van der Waals surface area (Å²) in [5.41, 5.74) is -0.485. The van der Waals surface area contributed by atoms with Crippen LogP contribution < -0.4 is 0 Å². The Morgan fingerprint density at radius 1 is 1.31 bits per heavy atom. The van der Waals surface area contributed by atoms with Crippen LogP contribution in [-0.4, -0.2) is 58.0 Å². The molecule has 0 spiro atoms. The van der Waals surface area contributed by atoms with Crippen LogP contribution in [0.2, 0.25) is 18.1 Å². The molecule has 0 radical (unpaired) electrons. The van der Waals surface area contributed by atoms with Crippen molar-refractivity contribution in [3.63, 3.8) is 0 Å². The average Bonchev–Trinajstić information content (AvgIpc) is 3.01. The van der Waals surface area contributed by atoms with E-state index in [0.717, 1.165) is 25.7 Å². The maximum atomic E-state index is 11.6. The Kier molecular flexibility index (Phi) is 7.94. The van der Waals surface area contributed by atoms with Gasteiger partial charge in [-0.3, -0.25) is 4.79 Å². The molecule has 0 aromatic rings. The SMILES string of the molecule is [C-]#[N+][C@H](C)CC1CC[C@@H]2O[C@@H](CCC(=O)OC)C[C@]2(CO[Si](C)(C)C(C)(C)C)O1. The van der Waals surface area contributed by atoms with E-state index in [4.69, 9.17) is 25.2 Å². The van der Waals surface area contributed by atoms with Crippen molar-refractivity contribution in [3.8, 4) is 0 Å². The van der Waals surface area contributed by atoms with Gasteiger partial charge in [0.1, 0.15) is 5.60 Å². The van der Waals surface area contributed by atoms with Gasteiger partial charge in [0, 0.05) is 26.2 Å². The molecule has 2 saturated heterocycles. The number of fused-ring (bicyclic) bond motifs is 1. The van der Waals surface area contributed by atoms with Crippen LogP contribution in [-0.2, 0) is 23.4 Å². The molecule has 0 saturated carbocycles. The lowest BCUT2D eigenvalue weighted by Crippen LogP contribution is -2.55. The largest absolute Gasteiger partial charge is 0.469 e. The normalized spacial score (nSPS) is 31.0. The summed E-state index contributed by atoms with van der Waals surface area (Å²) in [6.45, 7) is 21.0. The first-order valence-electron chi connectivity index (χ1n) is 10.8. The Hall–Kier alpha value is -0.943. The van der Waals surface area contributed by atoms with Crippen LogP contribution in [0.3, 0.4) is 0 Å². The quantitative estimate of drug-likeness (QED) is 0.319. The summed E-state index contributed by atoms with van der Waals surface area (Å²) in [5.74, 6) is -0.209. The first-order chi connectivity index (χ1) is 13.4. The molecule has 0 amide bonds. The number of hydrogen-bond donors (Lipinski definition) is 0. The molecule has 0 N–H and O–H groups in total. The highest BCUT2D eigenvalue weighted by atomic mass is 28.4. The van der Waals surface area contributed by atoms with E-state index in [1.54, 1.807) is 0 Å². The van der Waals surface area contributed by atoms with Gasteiger partial charge >= 0.3 is 5.97 Å². The van der Waals surface area contributed by atoms with Crippen molar-refractivity contribution in [2.75, 3.05) is 13.7 Å². The second-order valence-electron chi connectivity index (χ2n) is 10.2. The van der Waals surface area contributed by atoms with E-state index in [1.165, 1.54) is 7.11 Å². The third-order valence-electron chi connectivity index (χ3n) is 6.87. The number of carbonyl (C=O) groups is 1. The highest BCUT2D eigenvalue weighted by molar-refractivity contribution is 6.74. The second kappa shape index (κ2) is 9.46. The summed E-state index contributed by atoms with van der Waals surface area (Å²) in [6.07, 6.45) is 4.27. The molecule has 2 heterocycles. The topological polar surface area (TPSA) is 58.4 Å². The number of carbonyl (C=O) groups excluding carboxylic acids is 1. The fourth-order valence-electron chi connectivity index (χ4n) is 3.96. The van der Waals surface area contributed by atoms with E-state index in [1.807, 2.05) is 6.92 Å². The van der Waals surface area contributed by atoms with Gasteiger partial charge in [-0.05, 0) is 37.4 Å². The Balaban J connectivity index is 2.14. The summed E-state index contributed by atoms with van der Waals surface area (Å²) in [7, 11) is -0.522. The Morgan fingerprint density at radius 3 is 2.59 bits per heavy atom. The molecule has 6 nitrogen and oxygen atoms in total. The smallest absolute Gasteiger partial charge is 0.305 e. The maximum absolute atomic E-state index is 11.6. The van der Waals surface area contributed by atoms with Gasteiger partial charge in [0.2, 0.25) is 6.04 Å². The molecule has 2 aliphatic heterocycles. The van der Waals surface area contributed by atoms with Gasteiger partial charge in [-0.15, -0.1) is 0 Å². The minimum Gasteiger partial charge on any atom is -0.469 e. The van der Waals surface area contributed by atoms with E-state index in [9.17, 15) is 4.79 Å². The summed E-state index contributed by atoms with van der Waals surface area (Å²) < 4.78 is 24.4. The number of hydrogen-bond acceptors (Lipinski definition) is 5. The van der Waals surface area contributed by atoms with E-state index in [-0.39, 0.29) is 35.4 Å². The molecule has 0 bridgehead atoms. The number of nitrogens with zero attached hydrogens (tertiary/aromatic N) is 1. The minimum absolute atomic E-state index is 0.0191. The zero-order valence-electron chi connectivity index (χ0n) is 19.2. The standard InChI is InChI=1S/C22H39NO5Si/c1-16(23-5)13-17-9-11-19-22(28-17,15-26-29(7,8)21(2,3)4)14-18(27-19)10-12-20(24)25-6/h16-19H,9-15H2,1-4,6-8H3/t16-,17?,18+,19+,22-/m1/s1. The lowest BCUT2D eigenvalue weighted by Gasteiger charge is -2.45. The number of rotatable bonds is 8. The molecule has 0 aromatic heterocycles. The van der Waals surface area contributed by atoms with Crippen molar-refractivity contribution in [3.05, 3.63) is 11.4 Å². The Morgan fingerprint density at radius 2 is 2.00 bits per heavy atom. The fraction of sp³-hybridized carbons (Fsp3) is 0.909. The predicted octanol–water partition coefficient (Wildman–Crippen LogP) is 4.73. The van der Waals surface area contributed by atoms with Gasteiger partial charge in [0.25, 0.3) is 0 Å². The average molecular weight is 426 g/mol. The summed E-state index contributed by atoms with van der Waals surface area (Å²) >= 11 is 0. The molecular weight excluding hydrogens is 386 g/mol. The van der Waals surface area contributed by atoms with Crippen LogP contribution in [0.15, 0.2) is 0 Å². The van der Waals surface area contributed by atoms with Crippen molar-refractivity contribution in [2.45, 2.75) is 114 Å². The third-order valence-corrected chi connectivity index (χ3v) is 11.4. The van der Waals surface area contributed by atoms with Crippen LogP contribution in [0.25, 0.3) is 4.85 Å². The molecule has 2 aliphatic rings. The van der Waals surface area contributed by atoms with Gasteiger partial charge in [-0.2, -0.15) is 0 Å². The monoisotopic (exact) mass is 425 g/mol. The highest BCUT2D eigenvalue weighted by Crippen LogP contribution is 2.45. The number of esters is 1. The summed E-state index contributed by atoms with van der Waals surface area (Å²) in [5, 5.41) is 0.121. The predicted molar refractivity (Wildman–Crippen MR) is 115 cm³/mol. The molecule has 0 aliphatic carbocycles. The van der Waals surface area contributed by atoms with Crippen molar-refractivity contribution in [1.82, 2.24) is 0 Å². The van der Waals surface area contributed by atoms with E-state index in [0.29, 0.717) is 19.4 Å². The van der Waals surface area contributed by atoms with Crippen LogP contribution >= 0.6 is 0 Å². The maximum Gasteiger partial charge on any atom is 0.305 e. The molecule has 1 unspecified atom stereocenters. The highest BCUT2D eigenvalue weighted by Gasteiger charge is 2.54. The zero-order valence-corrected chi connectivity index (χ0v) is 20.2. The Labute approximate surface area is 177 Å². The first-order valence-corrected chi connectivity index (χ1v) is 13.7. The van der Waals surface area contributed by atoms with Crippen LogP contribution in [0, 0.1) is 6.57 Å². The van der Waals surface area contributed by atoms with Gasteiger partial charge in [0.15, 0.2) is 8.32 Å². The lowest BCUT2D eigenvalue weighted by molar-refractivity contribution is -0.182. The first kappa shape index (κ1) is 24.3. The molecule has 7 heteroatoms. The van der Waals surface area contributed by atoms with Crippen molar-refractivity contribution < 1.29 is 23.4 Å². The third kappa shape index (κ3) is 6.03. The minimum atomic E-state index is -1.94. The van der Waals surface area contributed by atoms with Crippen LogP contribution in [0.1, 0.15) is 66.2 Å². The van der Waals surface area contributed by atoms with E-state index < -0.39 is 13.9 Å². The van der Waals surface area contributed by atoms with Crippen molar-refractivity contribution in [2.24, 2.45) is 0 Å². The molecular formula is C22H39NO5Si. The van der Waals surface area contributed by atoms with Gasteiger partial charge in [0.05, 0.1) is 32.0 Å². The Bertz CT molecular complexity index is 611. The van der Waals surface area contributed by atoms with Crippen molar-refractivity contribution >= 4 is 14.3 Å². The van der Waals surface area contributed by atoms with Gasteiger partial charge in [-0.25, -0.2) is 6.57 Å². The number of methoxy groups -OCH3 is 1. The van der Waals surface area contributed by atoms with Gasteiger partial charge in [-0.1, -0.05) is 20.8 Å².